The van der Waals surface area contributed by atoms with Crippen molar-refractivity contribution in [1.82, 2.24) is 20.2 Å². The third-order valence-corrected chi connectivity index (χ3v) is 2.09. The molecular weight excluding hydrogens is 241 g/mol. The number of hydrogen-bond acceptors (Lipinski definition) is 4. The molecule has 1 rings (SSSR count). The van der Waals surface area contributed by atoms with Crippen LogP contribution in [0, 0.1) is 5.41 Å². The highest BCUT2D eigenvalue weighted by Gasteiger charge is 2.34. The minimum atomic E-state index is -4.43. The Balaban J connectivity index is 2.87. The number of carboxylic acids is 1. The largest absolute Gasteiger partial charge is 0.481 e. The molecule has 1 aromatic heterocycles. The van der Waals surface area contributed by atoms with Crippen LogP contribution in [0.3, 0.4) is 0 Å². The number of aromatic nitrogens is 4. The molecule has 1 N–H and O–H groups in total. The van der Waals surface area contributed by atoms with Crippen molar-refractivity contribution in [2.24, 2.45) is 5.41 Å². The lowest BCUT2D eigenvalue weighted by atomic mass is 9.94. The number of carbonyl (C=O) groups is 1. The van der Waals surface area contributed by atoms with E-state index in [4.69, 9.17) is 5.11 Å². The first-order chi connectivity index (χ1) is 7.62. The molecule has 96 valence electrons. The number of rotatable bonds is 4. The lowest BCUT2D eigenvalue weighted by molar-refractivity contribution is -0.147. The van der Waals surface area contributed by atoms with E-state index in [0.717, 1.165) is 4.68 Å². The second-order valence-corrected chi connectivity index (χ2v) is 4.23. The predicted molar refractivity (Wildman–Crippen MR) is 49.0 cm³/mol. The van der Waals surface area contributed by atoms with E-state index in [1.165, 1.54) is 13.8 Å². The minimum absolute atomic E-state index is 0.221. The van der Waals surface area contributed by atoms with Crippen LogP contribution >= 0.6 is 0 Å². The Bertz CT molecular complexity index is 413. The molecule has 0 aliphatic rings. The molecule has 0 saturated heterocycles. The van der Waals surface area contributed by atoms with Crippen LogP contribution in [0.15, 0.2) is 0 Å². The average Bonchev–Trinajstić information content (AvgIpc) is 2.48. The topological polar surface area (TPSA) is 80.9 Å². The summed E-state index contributed by atoms with van der Waals surface area (Å²) < 4.78 is 37.4. The quantitative estimate of drug-likeness (QED) is 0.860. The van der Waals surface area contributed by atoms with Gasteiger partial charge in [-0.3, -0.25) is 4.79 Å². The molecule has 0 aliphatic heterocycles. The number of carboxylic acid groups (broad SMARTS) is 1. The molecule has 9 heteroatoms. The Labute approximate surface area is 94.4 Å². The molecule has 17 heavy (non-hydrogen) atoms. The van der Waals surface area contributed by atoms with Crippen molar-refractivity contribution in [2.45, 2.75) is 33.0 Å². The Morgan fingerprint density at radius 3 is 2.47 bits per heavy atom. The number of tetrazole rings is 1. The van der Waals surface area contributed by atoms with Gasteiger partial charge in [0.2, 0.25) is 0 Å². The van der Waals surface area contributed by atoms with Gasteiger partial charge >= 0.3 is 12.1 Å². The lowest BCUT2D eigenvalue weighted by Crippen LogP contribution is -2.31. The van der Waals surface area contributed by atoms with Gasteiger partial charge in [0.25, 0.3) is 0 Å². The van der Waals surface area contributed by atoms with E-state index in [2.05, 4.69) is 15.5 Å². The van der Waals surface area contributed by atoms with E-state index in [1.54, 1.807) is 0 Å². The summed E-state index contributed by atoms with van der Waals surface area (Å²) in [4.78, 5) is 10.8. The van der Waals surface area contributed by atoms with Crippen molar-refractivity contribution >= 4 is 5.97 Å². The van der Waals surface area contributed by atoms with Crippen LogP contribution in [0.2, 0.25) is 0 Å². The van der Waals surface area contributed by atoms with Crippen LogP contribution in [-0.2, 0) is 17.8 Å². The zero-order chi connectivity index (χ0) is 13.3. The van der Waals surface area contributed by atoms with Crippen molar-refractivity contribution in [3.63, 3.8) is 0 Å². The van der Waals surface area contributed by atoms with Crippen LogP contribution in [0.4, 0.5) is 13.2 Å². The zero-order valence-corrected chi connectivity index (χ0v) is 9.19. The van der Waals surface area contributed by atoms with E-state index in [-0.39, 0.29) is 6.54 Å². The number of hydrogen-bond donors (Lipinski definition) is 1. The van der Waals surface area contributed by atoms with E-state index in [1.807, 2.05) is 0 Å². The molecule has 1 aromatic rings. The second kappa shape index (κ2) is 4.30. The Morgan fingerprint density at radius 1 is 1.41 bits per heavy atom. The maximum atomic E-state index is 12.2. The third-order valence-electron chi connectivity index (χ3n) is 2.09. The summed E-state index contributed by atoms with van der Waals surface area (Å²) in [6.45, 7) is 2.55. The molecule has 0 atom stereocenters. The molecule has 6 nitrogen and oxygen atoms in total. The van der Waals surface area contributed by atoms with Crippen LogP contribution < -0.4 is 0 Å². The second-order valence-electron chi connectivity index (χ2n) is 4.23. The first kappa shape index (κ1) is 13.4. The van der Waals surface area contributed by atoms with Gasteiger partial charge in [-0.25, -0.2) is 4.68 Å². The van der Waals surface area contributed by atoms with Crippen molar-refractivity contribution in [3.8, 4) is 0 Å². The number of alkyl halides is 3. The fraction of sp³-hybridized carbons (Fsp3) is 0.750. The van der Waals surface area contributed by atoms with E-state index < -0.39 is 29.8 Å². The van der Waals surface area contributed by atoms with Gasteiger partial charge in [-0.05, 0) is 24.3 Å². The number of aliphatic carboxylic acids is 1. The maximum Gasteiger partial charge on any atom is 0.396 e. The molecule has 0 spiro atoms. The van der Waals surface area contributed by atoms with Crippen molar-refractivity contribution in [1.29, 1.82) is 0 Å². The monoisotopic (exact) mass is 252 g/mol. The van der Waals surface area contributed by atoms with Gasteiger partial charge in [0, 0.05) is 0 Å². The lowest BCUT2D eigenvalue weighted by Gasteiger charge is -2.19. The van der Waals surface area contributed by atoms with Crippen LogP contribution in [0.25, 0.3) is 0 Å². The Kier molecular flexibility index (Phi) is 3.39. The molecule has 0 saturated carbocycles. The van der Waals surface area contributed by atoms with E-state index >= 15 is 0 Å². The Morgan fingerprint density at radius 2 is 2.00 bits per heavy atom. The highest BCUT2D eigenvalue weighted by molar-refractivity contribution is 5.73. The molecule has 0 radical (unpaired) electrons. The minimum Gasteiger partial charge on any atom is -0.481 e. The third kappa shape index (κ3) is 3.68. The van der Waals surface area contributed by atoms with Crippen molar-refractivity contribution < 1.29 is 23.1 Å². The standard InChI is InChI=1S/C8H11F3N4O2/c1-7(2,6(16)17)4-15-5(12-13-14-15)3-8(9,10)11/h3-4H2,1-2H3,(H,16,17). The first-order valence-corrected chi connectivity index (χ1v) is 4.67. The van der Waals surface area contributed by atoms with Gasteiger partial charge in [-0.2, -0.15) is 13.2 Å². The maximum absolute atomic E-state index is 12.2. The Hall–Kier alpha value is -1.67. The summed E-state index contributed by atoms with van der Waals surface area (Å²) in [5, 5.41) is 18.6. The van der Waals surface area contributed by atoms with Gasteiger partial charge in [0.15, 0.2) is 5.82 Å². The predicted octanol–water partition coefficient (Wildman–Crippen LogP) is 0.889. The highest BCUT2D eigenvalue weighted by Crippen LogP contribution is 2.22. The van der Waals surface area contributed by atoms with Gasteiger partial charge in [-0.1, -0.05) is 0 Å². The molecule has 0 amide bonds. The van der Waals surface area contributed by atoms with Crippen LogP contribution in [0.1, 0.15) is 19.7 Å². The molecule has 0 fully saturated rings. The molecule has 0 bridgehead atoms. The summed E-state index contributed by atoms with van der Waals surface area (Å²) >= 11 is 0. The molecule has 0 aromatic carbocycles. The molecule has 0 aliphatic carbocycles. The molecular formula is C8H11F3N4O2. The van der Waals surface area contributed by atoms with Crippen molar-refractivity contribution in [2.75, 3.05) is 0 Å². The molecule has 1 heterocycles. The average molecular weight is 252 g/mol. The van der Waals surface area contributed by atoms with Gasteiger partial charge in [0.1, 0.15) is 6.42 Å². The fourth-order valence-corrected chi connectivity index (χ4v) is 1.09. The van der Waals surface area contributed by atoms with Crippen molar-refractivity contribution in [3.05, 3.63) is 5.82 Å². The van der Waals surface area contributed by atoms with E-state index in [0.29, 0.717) is 0 Å². The summed E-state index contributed by atoms with van der Waals surface area (Å²) in [5.74, 6) is -1.53. The van der Waals surface area contributed by atoms with Gasteiger partial charge < -0.3 is 5.11 Å². The fourth-order valence-electron chi connectivity index (χ4n) is 1.09. The SMILES string of the molecule is CC(C)(Cn1nnnc1CC(F)(F)F)C(=O)O. The normalized spacial score (nSPS) is 12.8. The molecule has 0 unspecified atom stereocenters. The first-order valence-electron chi connectivity index (χ1n) is 4.67. The summed E-state index contributed by atoms with van der Waals surface area (Å²) in [5.41, 5.74) is -1.24. The van der Waals surface area contributed by atoms with E-state index in [9.17, 15) is 18.0 Å². The van der Waals surface area contributed by atoms with Gasteiger partial charge in [-0.15, -0.1) is 5.10 Å². The van der Waals surface area contributed by atoms with Crippen LogP contribution in [-0.4, -0.2) is 37.5 Å². The van der Waals surface area contributed by atoms with Gasteiger partial charge in [0.05, 0.1) is 12.0 Å². The summed E-state index contributed by atoms with van der Waals surface area (Å²) in [6, 6.07) is 0. The number of halogens is 3. The summed E-state index contributed by atoms with van der Waals surface area (Å²) in [7, 11) is 0. The smallest absolute Gasteiger partial charge is 0.396 e. The van der Waals surface area contributed by atoms with Crippen LogP contribution in [0.5, 0.6) is 0 Å². The zero-order valence-electron chi connectivity index (χ0n) is 9.19. The number of nitrogens with zero attached hydrogens (tertiary/aromatic N) is 4. The summed E-state index contributed by atoms with van der Waals surface area (Å²) in [6.07, 6.45) is -5.71. The highest BCUT2D eigenvalue weighted by atomic mass is 19.4.